The Bertz CT molecular complexity index is 568. The second-order valence-corrected chi connectivity index (χ2v) is 5.80. The predicted molar refractivity (Wildman–Crippen MR) is 77.0 cm³/mol. The minimum atomic E-state index is -0.795. The first kappa shape index (κ1) is 15.8. The Morgan fingerprint density at radius 1 is 1.29 bits per heavy atom. The molecule has 2 N–H and O–H groups in total. The highest BCUT2D eigenvalue weighted by molar-refractivity contribution is 6.31. The Kier molecular flexibility index (Phi) is 4.83. The molecule has 0 spiro atoms. The summed E-state index contributed by atoms with van der Waals surface area (Å²) in [4.78, 5) is 23.0. The van der Waals surface area contributed by atoms with Gasteiger partial charge in [-0.15, -0.1) is 0 Å². The average Bonchev–Trinajstić information content (AvgIpc) is 2.45. The zero-order valence-electron chi connectivity index (χ0n) is 11.7. The van der Waals surface area contributed by atoms with Gasteiger partial charge in [-0.25, -0.2) is 4.39 Å². The molecule has 1 aromatic rings. The molecule has 1 amide bonds. The first-order valence-corrected chi connectivity index (χ1v) is 7.26. The maximum absolute atomic E-state index is 14.0. The Balaban J connectivity index is 2.00. The summed E-state index contributed by atoms with van der Waals surface area (Å²) in [7, 11) is 0. The molecular formula is C15H17ClFNO3. The van der Waals surface area contributed by atoms with Crippen molar-refractivity contribution in [2.75, 3.05) is 0 Å². The third-order valence-electron chi connectivity index (χ3n) is 3.93. The molecule has 2 rings (SSSR count). The van der Waals surface area contributed by atoms with Gasteiger partial charge in [0.05, 0.1) is 16.5 Å². The third kappa shape index (κ3) is 3.53. The number of hydrogen-bond donors (Lipinski definition) is 2. The van der Waals surface area contributed by atoms with Crippen LogP contribution in [-0.4, -0.2) is 23.0 Å². The number of carboxylic acid groups (broad SMARTS) is 1. The van der Waals surface area contributed by atoms with Gasteiger partial charge in [-0.2, -0.15) is 0 Å². The predicted octanol–water partition coefficient (Wildman–Crippen LogP) is 3.16. The number of hydrogen-bond acceptors (Lipinski definition) is 2. The summed E-state index contributed by atoms with van der Waals surface area (Å²) in [6.07, 6.45) is 2.22. The number of carbonyl (C=O) groups is 2. The number of rotatable bonds is 3. The van der Waals surface area contributed by atoms with E-state index in [1.54, 1.807) is 13.0 Å². The summed E-state index contributed by atoms with van der Waals surface area (Å²) in [6, 6.07) is 2.89. The van der Waals surface area contributed by atoms with Crippen molar-refractivity contribution in [2.24, 2.45) is 5.92 Å². The third-order valence-corrected chi connectivity index (χ3v) is 4.40. The fourth-order valence-corrected chi connectivity index (χ4v) is 2.73. The Morgan fingerprint density at radius 2 is 1.90 bits per heavy atom. The van der Waals surface area contributed by atoms with Gasteiger partial charge in [-0.3, -0.25) is 9.59 Å². The highest BCUT2D eigenvalue weighted by atomic mass is 35.5. The monoisotopic (exact) mass is 313 g/mol. The number of amides is 1. The van der Waals surface area contributed by atoms with Crippen LogP contribution in [0, 0.1) is 18.7 Å². The van der Waals surface area contributed by atoms with Gasteiger partial charge in [0.15, 0.2) is 5.82 Å². The number of aryl methyl sites for hydroxylation is 1. The standard InChI is InChI=1S/C15H17ClFNO3/c1-8-2-7-11(13(17)12(8)16)14(19)18-10-5-3-9(4-6-10)15(20)21/h2,7,9-10H,3-6H2,1H3,(H,18,19)(H,20,21). The minimum absolute atomic E-state index is 0.0442. The van der Waals surface area contributed by atoms with Gasteiger partial charge in [0.2, 0.25) is 0 Å². The summed E-state index contributed by atoms with van der Waals surface area (Å²) in [5.74, 6) is -2.36. The first-order valence-electron chi connectivity index (χ1n) is 6.88. The van der Waals surface area contributed by atoms with Crippen LogP contribution in [0.3, 0.4) is 0 Å². The molecule has 21 heavy (non-hydrogen) atoms. The number of carbonyl (C=O) groups excluding carboxylic acids is 1. The van der Waals surface area contributed by atoms with Gasteiger partial charge in [0.25, 0.3) is 5.91 Å². The molecule has 0 bridgehead atoms. The van der Waals surface area contributed by atoms with E-state index in [9.17, 15) is 14.0 Å². The van der Waals surface area contributed by atoms with Crippen molar-refractivity contribution in [1.29, 1.82) is 0 Å². The maximum atomic E-state index is 14.0. The molecule has 0 aromatic heterocycles. The lowest BCUT2D eigenvalue weighted by Gasteiger charge is -2.26. The van der Waals surface area contributed by atoms with Crippen LogP contribution in [0.25, 0.3) is 0 Å². The van der Waals surface area contributed by atoms with Crippen LogP contribution in [0.1, 0.15) is 41.6 Å². The molecule has 6 heteroatoms. The number of nitrogens with one attached hydrogen (secondary N) is 1. The molecular weight excluding hydrogens is 297 g/mol. The van der Waals surface area contributed by atoms with E-state index in [0.717, 1.165) is 0 Å². The van der Waals surface area contributed by atoms with Crippen LogP contribution in [0.5, 0.6) is 0 Å². The quantitative estimate of drug-likeness (QED) is 0.900. The summed E-state index contributed by atoms with van der Waals surface area (Å²) >= 11 is 5.80. The van der Waals surface area contributed by atoms with E-state index in [1.807, 2.05) is 0 Å². The van der Waals surface area contributed by atoms with Crippen LogP contribution in [0.15, 0.2) is 12.1 Å². The molecule has 0 aliphatic heterocycles. The molecule has 0 atom stereocenters. The summed E-state index contributed by atoms with van der Waals surface area (Å²) in [5.41, 5.74) is 0.499. The molecule has 1 aliphatic carbocycles. The molecule has 1 aliphatic rings. The molecule has 0 saturated heterocycles. The van der Waals surface area contributed by atoms with E-state index in [4.69, 9.17) is 16.7 Å². The summed E-state index contributed by atoms with van der Waals surface area (Å²) in [5, 5.41) is 11.6. The van der Waals surface area contributed by atoms with Gasteiger partial charge < -0.3 is 10.4 Å². The van der Waals surface area contributed by atoms with Crippen molar-refractivity contribution in [1.82, 2.24) is 5.32 Å². The van der Waals surface area contributed by atoms with Gasteiger partial charge in [-0.1, -0.05) is 17.7 Å². The second-order valence-electron chi connectivity index (χ2n) is 5.42. The topological polar surface area (TPSA) is 66.4 Å². The van der Waals surface area contributed by atoms with E-state index < -0.39 is 17.7 Å². The number of carboxylic acids is 1. The molecule has 114 valence electrons. The van der Waals surface area contributed by atoms with Crippen molar-refractivity contribution < 1.29 is 19.1 Å². The summed E-state index contributed by atoms with van der Waals surface area (Å²) < 4.78 is 14.0. The lowest BCUT2D eigenvalue weighted by atomic mass is 9.86. The van der Waals surface area contributed by atoms with Crippen molar-refractivity contribution in [2.45, 2.75) is 38.6 Å². The molecule has 0 unspecified atom stereocenters. The lowest BCUT2D eigenvalue weighted by molar-refractivity contribution is -0.142. The molecule has 0 radical (unpaired) electrons. The van der Waals surface area contributed by atoms with Crippen LogP contribution < -0.4 is 5.32 Å². The Labute approximate surface area is 127 Å². The van der Waals surface area contributed by atoms with Crippen LogP contribution >= 0.6 is 11.6 Å². The normalized spacial score (nSPS) is 21.9. The van der Waals surface area contributed by atoms with Crippen LogP contribution in [0.2, 0.25) is 5.02 Å². The zero-order valence-corrected chi connectivity index (χ0v) is 12.4. The zero-order chi connectivity index (χ0) is 15.6. The van der Waals surface area contributed by atoms with E-state index in [-0.39, 0.29) is 22.5 Å². The van der Waals surface area contributed by atoms with Gasteiger partial charge >= 0.3 is 5.97 Å². The molecule has 0 heterocycles. The highest BCUT2D eigenvalue weighted by Crippen LogP contribution is 2.26. The van der Waals surface area contributed by atoms with E-state index >= 15 is 0 Å². The van der Waals surface area contributed by atoms with Gasteiger partial charge in [0.1, 0.15) is 0 Å². The maximum Gasteiger partial charge on any atom is 0.306 e. The van der Waals surface area contributed by atoms with E-state index in [2.05, 4.69) is 5.32 Å². The highest BCUT2D eigenvalue weighted by Gasteiger charge is 2.27. The van der Waals surface area contributed by atoms with Crippen molar-refractivity contribution in [3.63, 3.8) is 0 Å². The van der Waals surface area contributed by atoms with Crippen molar-refractivity contribution >= 4 is 23.5 Å². The number of benzene rings is 1. The smallest absolute Gasteiger partial charge is 0.306 e. The fraction of sp³-hybridized carbons (Fsp3) is 0.467. The van der Waals surface area contributed by atoms with Gasteiger partial charge in [0, 0.05) is 6.04 Å². The average molecular weight is 314 g/mol. The lowest BCUT2D eigenvalue weighted by Crippen LogP contribution is -2.39. The minimum Gasteiger partial charge on any atom is -0.481 e. The largest absolute Gasteiger partial charge is 0.481 e. The first-order chi connectivity index (χ1) is 9.90. The van der Waals surface area contributed by atoms with Gasteiger partial charge in [-0.05, 0) is 44.2 Å². The molecule has 1 aromatic carbocycles. The summed E-state index contributed by atoms with van der Waals surface area (Å²) in [6.45, 7) is 1.67. The molecule has 1 fully saturated rings. The Hall–Kier alpha value is -1.62. The fourth-order valence-electron chi connectivity index (χ4n) is 2.57. The van der Waals surface area contributed by atoms with Crippen LogP contribution in [-0.2, 0) is 4.79 Å². The van der Waals surface area contributed by atoms with Crippen molar-refractivity contribution in [3.8, 4) is 0 Å². The molecule has 4 nitrogen and oxygen atoms in total. The number of aliphatic carboxylic acids is 1. The van der Waals surface area contributed by atoms with E-state index in [1.165, 1.54) is 6.07 Å². The van der Waals surface area contributed by atoms with E-state index in [0.29, 0.717) is 31.2 Å². The Morgan fingerprint density at radius 3 is 2.48 bits per heavy atom. The number of halogens is 2. The van der Waals surface area contributed by atoms with Crippen LogP contribution in [0.4, 0.5) is 4.39 Å². The SMILES string of the molecule is Cc1ccc(C(=O)NC2CCC(C(=O)O)CC2)c(F)c1Cl. The second kappa shape index (κ2) is 6.43. The molecule has 1 saturated carbocycles. The van der Waals surface area contributed by atoms with Crippen molar-refractivity contribution in [3.05, 3.63) is 34.1 Å².